The number of hydrogen-bond acceptors (Lipinski definition) is 11. The molecule has 0 saturated carbocycles. The lowest BCUT2D eigenvalue weighted by Crippen LogP contribution is -2.44. The second kappa shape index (κ2) is 5.89. The van der Waals surface area contributed by atoms with Crippen LogP contribution in [0.4, 0.5) is 5.82 Å². The molecule has 1 aliphatic rings. The van der Waals surface area contributed by atoms with Gasteiger partial charge in [-0.2, -0.15) is 0 Å². The average Bonchev–Trinajstić information content (AvgIpc) is 3.08. The van der Waals surface area contributed by atoms with Crippen molar-refractivity contribution in [3.8, 4) is 0 Å². The highest BCUT2D eigenvalue weighted by Crippen LogP contribution is 2.24. The molecule has 14 heteroatoms. The first-order valence-corrected chi connectivity index (χ1v) is 5.48. The van der Waals surface area contributed by atoms with Gasteiger partial charge in [0.2, 0.25) is 11.9 Å². The van der Waals surface area contributed by atoms with Crippen molar-refractivity contribution in [3.05, 3.63) is 26.8 Å². The lowest BCUT2D eigenvalue weighted by molar-refractivity contribution is -0.516. The Bertz CT molecular complexity index is 619. The number of azo groups is 1. The lowest BCUT2D eigenvalue weighted by atomic mass is 10.1. The second-order valence-electron chi connectivity index (χ2n) is 3.90. The maximum absolute atomic E-state index is 10.7. The van der Waals surface area contributed by atoms with Gasteiger partial charge in [-0.05, 0) is 15.8 Å². The molecule has 1 N–H and O–H groups in total. The number of rotatable bonds is 6. The highest BCUT2D eigenvalue weighted by Gasteiger charge is 2.44. The van der Waals surface area contributed by atoms with Gasteiger partial charge in [0.05, 0.1) is 6.42 Å². The van der Waals surface area contributed by atoms with Gasteiger partial charge in [0.15, 0.2) is 0 Å². The van der Waals surface area contributed by atoms with Gasteiger partial charge >= 0.3 is 0 Å². The van der Waals surface area contributed by atoms with E-state index in [4.69, 9.17) is 5.53 Å². The van der Waals surface area contributed by atoms with Gasteiger partial charge in [-0.15, -0.1) is 10.2 Å². The van der Waals surface area contributed by atoms with Gasteiger partial charge in [-0.3, -0.25) is 15.1 Å². The molecule has 0 aliphatic carbocycles. The number of aromatic nitrogens is 2. The third kappa shape index (κ3) is 3.07. The molecule has 2 rings (SSSR count). The standard InChI is InChI=1S/C7H8N10O4/c1-4(17(18)19)2-5-7(14-16-8,15-21-11-5)13-10-6-3-9-20-12-6/h3-4,15H,2H2,1H3. The van der Waals surface area contributed by atoms with E-state index in [1.807, 2.05) is 0 Å². The molecule has 14 nitrogen and oxygen atoms in total. The monoisotopic (exact) mass is 296 g/mol. The van der Waals surface area contributed by atoms with Crippen molar-refractivity contribution in [1.29, 1.82) is 0 Å². The maximum atomic E-state index is 10.7. The predicted octanol–water partition coefficient (Wildman–Crippen LogP) is 1.06. The van der Waals surface area contributed by atoms with Gasteiger partial charge in [0, 0.05) is 16.8 Å². The molecule has 0 radical (unpaired) electrons. The Labute approximate surface area is 115 Å². The molecule has 21 heavy (non-hydrogen) atoms. The summed E-state index contributed by atoms with van der Waals surface area (Å²) >= 11 is 0. The highest BCUT2D eigenvalue weighted by molar-refractivity contribution is 5.93. The molecule has 0 amide bonds. The molecule has 110 valence electrons. The van der Waals surface area contributed by atoms with Crippen LogP contribution in [-0.2, 0) is 4.94 Å². The van der Waals surface area contributed by atoms with Crippen molar-refractivity contribution in [1.82, 2.24) is 15.8 Å². The van der Waals surface area contributed by atoms with Crippen LogP contribution in [0.25, 0.3) is 10.4 Å². The number of hydroxylamine groups is 1. The van der Waals surface area contributed by atoms with Crippen molar-refractivity contribution in [2.24, 2.45) is 20.5 Å². The SMILES string of the molecule is CC(CC1=NONC1(N=Nc1cnon1)N=[N+]=[N-])[N+](=O)[O-]. The molecule has 0 saturated heterocycles. The Kier molecular flexibility index (Phi) is 4.01. The van der Waals surface area contributed by atoms with Gasteiger partial charge in [0.25, 0.3) is 5.79 Å². The van der Waals surface area contributed by atoms with E-state index in [0.717, 1.165) is 0 Å². The number of azide groups is 1. The fourth-order valence-corrected chi connectivity index (χ4v) is 1.37. The third-order valence-corrected chi connectivity index (χ3v) is 2.43. The zero-order valence-electron chi connectivity index (χ0n) is 10.5. The molecule has 2 unspecified atom stereocenters. The Balaban J connectivity index is 2.26. The minimum Gasteiger partial charge on any atom is -0.297 e. The molecule has 1 aliphatic heterocycles. The first-order chi connectivity index (χ1) is 10.1. The number of nitro groups is 1. The summed E-state index contributed by atoms with van der Waals surface area (Å²) in [7, 11) is 0. The first kappa shape index (κ1) is 14.3. The molecule has 0 bridgehead atoms. The average molecular weight is 296 g/mol. The summed E-state index contributed by atoms with van der Waals surface area (Å²) in [5, 5.41) is 31.7. The summed E-state index contributed by atoms with van der Waals surface area (Å²) in [4.78, 5) is 17.4. The smallest absolute Gasteiger partial charge is 0.285 e. The van der Waals surface area contributed by atoms with Crippen LogP contribution in [0, 0.1) is 10.1 Å². The number of nitrogens with zero attached hydrogens (tertiary/aromatic N) is 9. The summed E-state index contributed by atoms with van der Waals surface area (Å²) in [6, 6.07) is -0.982. The number of hydrogen-bond donors (Lipinski definition) is 1. The van der Waals surface area contributed by atoms with Crippen molar-refractivity contribution in [2.45, 2.75) is 25.2 Å². The largest absolute Gasteiger partial charge is 0.297 e. The zero-order valence-corrected chi connectivity index (χ0v) is 10.5. The summed E-state index contributed by atoms with van der Waals surface area (Å²) in [6.45, 7) is 1.36. The van der Waals surface area contributed by atoms with Gasteiger partial charge in [-0.25, -0.2) is 4.63 Å². The van der Waals surface area contributed by atoms with Crippen LogP contribution in [-0.4, -0.2) is 32.8 Å². The van der Waals surface area contributed by atoms with Crippen molar-refractivity contribution >= 4 is 11.5 Å². The fourth-order valence-electron chi connectivity index (χ4n) is 1.37. The lowest BCUT2D eigenvalue weighted by Gasteiger charge is -2.16. The summed E-state index contributed by atoms with van der Waals surface area (Å²) in [5.41, 5.74) is 10.9. The third-order valence-electron chi connectivity index (χ3n) is 2.43. The fraction of sp³-hybridized carbons (Fsp3) is 0.571. The van der Waals surface area contributed by atoms with Crippen molar-refractivity contribution in [3.63, 3.8) is 0 Å². The van der Waals surface area contributed by atoms with Crippen molar-refractivity contribution in [2.75, 3.05) is 0 Å². The van der Waals surface area contributed by atoms with Crippen molar-refractivity contribution < 1.29 is 14.5 Å². The maximum Gasteiger partial charge on any atom is 0.285 e. The zero-order chi connectivity index (χ0) is 15.3. The Morgan fingerprint density at radius 1 is 1.71 bits per heavy atom. The molecular formula is C7H8N10O4. The molecule has 1 aromatic heterocycles. The normalized spacial score (nSPS) is 22.4. The van der Waals surface area contributed by atoms with E-state index >= 15 is 0 Å². The quantitative estimate of drug-likeness (QED) is 0.266. The molecule has 0 fully saturated rings. The molecule has 1 aromatic rings. The molecule has 0 spiro atoms. The van der Waals surface area contributed by atoms with E-state index in [9.17, 15) is 10.1 Å². The molecule has 0 aromatic carbocycles. The van der Waals surface area contributed by atoms with Gasteiger partial charge < -0.3 is 0 Å². The Morgan fingerprint density at radius 2 is 2.52 bits per heavy atom. The van der Waals surface area contributed by atoms with E-state index in [-0.39, 0.29) is 18.0 Å². The summed E-state index contributed by atoms with van der Waals surface area (Å²) in [6.07, 6.45) is 1.01. The highest BCUT2D eigenvalue weighted by atomic mass is 16.8. The van der Waals surface area contributed by atoms with E-state index in [2.05, 4.69) is 50.8 Å². The van der Waals surface area contributed by atoms with E-state index in [0.29, 0.717) is 0 Å². The van der Waals surface area contributed by atoms with Crippen LogP contribution in [0.2, 0.25) is 0 Å². The Morgan fingerprint density at radius 3 is 3.14 bits per heavy atom. The molecule has 2 atom stereocenters. The van der Waals surface area contributed by atoms with Crippen LogP contribution in [0.3, 0.4) is 0 Å². The minimum atomic E-state index is -1.82. The predicted molar refractivity (Wildman–Crippen MR) is 63.4 cm³/mol. The summed E-state index contributed by atoms with van der Waals surface area (Å²) in [5.74, 6) is -1.81. The van der Waals surface area contributed by atoms with Crippen LogP contribution in [0.5, 0.6) is 0 Å². The van der Waals surface area contributed by atoms with Crippen LogP contribution < -0.4 is 5.48 Å². The second-order valence-corrected chi connectivity index (χ2v) is 3.90. The van der Waals surface area contributed by atoms with E-state index in [1.165, 1.54) is 13.1 Å². The first-order valence-electron chi connectivity index (χ1n) is 5.48. The topological polar surface area (TPSA) is 189 Å². The Hall–Kier alpha value is -3.12. The molecular weight excluding hydrogens is 288 g/mol. The molecule has 2 heterocycles. The number of oxime groups is 1. The van der Waals surface area contributed by atoms with Crippen LogP contribution in [0.15, 0.2) is 31.3 Å². The van der Waals surface area contributed by atoms with E-state index in [1.54, 1.807) is 0 Å². The minimum absolute atomic E-state index is 0.00436. The van der Waals surface area contributed by atoms with E-state index < -0.39 is 16.8 Å². The summed E-state index contributed by atoms with van der Waals surface area (Å²) < 4.78 is 4.32. The van der Waals surface area contributed by atoms with Gasteiger partial charge in [-0.1, -0.05) is 15.8 Å². The van der Waals surface area contributed by atoms with Crippen LogP contribution >= 0.6 is 0 Å². The van der Waals surface area contributed by atoms with Crippen LogP contribution in [0.1, 0.15) is 13.3 Å². The number of nitrogens with one attached hydrogen (secondary N) is 1. The van der Waals surface area contributed by atoms with Gasteiger partial charge in [0.1, 0.15) is 11.9 Å².